The number of aromatic amines is 1. The van der Waals surface area contributed by atoms with Gasteiger partial charge >= 0.3 is 0 Å². The summed E-state index contributed by atoms with van der Waals surface area (Å²) in [5.74, 6) is 1.69. The number of benzene rings is 1. The van der Waals surface area contributed by atoms with Crippen LogP contribution in [0.5, 0.6) is 0 Å². The van der Waals surface area contributed by atoms with Crippen molar-refractivity contribution in [3.63, 3.8) is 0 Å². The molecule has 2 aromatic rings. The maximum Gasteiger partial charge on any atom is 0.107 e. The maximum absolute atomic E-state index is 5.63. The van der Waals surface area contributed by atoms with Crippen LogP contribution in [0.1, 0.15) is 12.2 Å². The van der Waals surface area contributed by atoms with Crippen molar-refractivity contribution in [2.45, 2.75) is 12.8 Å². The molecule has 0 aliphatic carbocycles. The molecule has 0 saturated heterocycles. The van der Waals surface area contributed by atoms with Crippen molar-refractivity contribution < 1.29 is 0 Å². The van der Waals surface area contributed by atoms with E-state index in [0.717, 1.165) is 34.2 Å². The van der Waals surface area contributed by atoms with Gasteiger partial charge in [-0.15, -0.1) is 11.6 Å². The Kier molecular flexibility index (Phi) is 3.08. The van der Waals surface area contributed by atoms with Gasteiger partial charge in [0.05, 0.1) is 11.0 Å². The second-order valence-electron chi connectivity index (χ2n) is 3.14. The van der Waals surface area contributed by atoms with E-state index in [1.807, 2.05) is 18.2 Å². The van der Waals surface area contributed by atoms with Gasteiger partial charge in [0.2, 0.25) is 0 Å². The number of halogens is 2. The first-order valence-electron chi connectivity index (χ1n) is 4.50. The predicted octanol–water partition coefficient (Wildman–Crippen LogP) is 3.50. The molecule has 0 unspecified atom stereocenters. The smallest absolute Gasteiger partial charge is 0.107 e. The summed E-state index contributed by atoms with van der Waals surface area (Å²) >= 11 is 9.05. The third kappa shape index (κ3) is 2.10. The molecule has 0 bridgehead atoms. The van der Waals surface area contributed by atoms with E-state index in [1.165, 1.54) is 0 Å². The Hall–Kier alpha value is -0.540. The molecule has 0 spiro atoms. The Morgan fingerprint density at radius 2 is 2.29 bits per heavy atom. The standard InChI is InChI=1S/C10H10BrClN2/c11-7-3-4-8-9(6-7)14-10(13-8)2-1-5-12/h3-4,6H,1-2,5H2,(H,13,14). The SMILES string of the molecule is ClCCCc1nc2ccc(Br)cc2[nH]1. The molecule has 0 aliphatic rings. The first-order chi connectivity index (χ1) is 6.79. The molecule has 0 amide bonds. The van der Waals surface area contributed by atoms with Gasteiger partial charge < -0.3 is 4.98 Å². The zero-order chi connectivity index (χ0) is 9.97. The summed E-state index contributed by atoms with van der Waals surface area (Å²) in [5.41, 5.74) is 2.08. The fraction of sp³-hybridized carbons (Fsp3) is 0.300. The largest absolute Gasteiger partial charge is 0.342 e. The second-order valence-corrected chi connectivity index (χ2v) is 4.43. The highest BCUT2D eigenvalue weighted by molar-refractivity contribution is 9.10. The minimum Gasteiger partial charge on any atom is -0.342 e. The van der Waals surface area contributed by atoms with Crippen molar-refractivity contribution in [3.8, 4) is 0 Å². The van der Waals surface area contributed by atoms with Crippen LogP contribution in [0.15, 0.2) is 22.7 Å². The molecule has 0 radical (unpaired) electrons. The highest BCUT2D eigenvalue weighted by Gasteiger charge is 2.02. The van der Waals surface area contributed by atoms with Gasteiger partial charge in [0.25, 0.3) is 0 Å². The molecule has 2 rings (SSSR count). The molecule has 0 fully saturated rings. The van der Waals surface area contributed by atoms with Gasteiger partial charge in [-0.1, -0.05) is 15.9 Å². The number of alkyl halides is 1. The van der Waals surface area contributed by atoms with E-state index in [1.54, 1.807) is 0 Å². The normalized spacial score (nSPS) is 11.0. The molecule has 0 aliphatic heterocycles. The molecule has 74 valence electrons. The number of imidazole rings is 1. The van der Waals surface area contributed by atoms with Gasteiger partial charge in [0.15, 0.2) is 0 Å². The molecule has 1 aromatic carbocycles. The molecule has 4 heteroatoms. The molecule has 1 heterocycles. The topological polar surface area (TPSA) is 28.7 Å². The number of H-pyrrole nitrogens is 1. The van der Waals surface area contributed by atoms with E-state index >= 15 is 0 Å². The van der Waals surface area contributed by atoms with E-state index in [-0.39, 0.29) is 0 Å². The zero-order valence-corrected chi connectivity index (χ0v) is 9.90. The first-order valence-corrected chi connectivity index (χ1v) is 5.82. The Morgan fingerprint density at radius 3 is 3.07 bits per heavy atom. The van der Waals surface area contributed by atoms with E-state index < -0.39 is 0 Å². The number of aryl methyl sites for hydroxylation is 1. The van der Waals surface area contributed by atoms with Crippen molar-refractivity contribution in [2.24, 2.45) is 0 Å². The summed E-state index contributed by atoms with van der Waals surface area (Å²) in [7, 11) is 0. The van der Waals surface area contributed by atoms with Crippen molar-refractivity contribution in [1.29, 1.82) is 0 Å². The minimum absolute atomic E-state index is 0.681. The van der Waals surface area contributed by atoms with Crippen LogP contribution in [0.4, 0.5) is 0 Å². The Balaban J connectivity index is 2.32. The van der Waals surface area contributed by atoms with Crippen LogP contribution in [0.2, 0.25) is 0 Å². The van der Waals surface area contributed by atoms with Crippen LogP contribution in [0.25, 0.3) is 11.0 Å². The molecule has 14 heavy (non-hydrogen) atoms. The summed E-state index contributed by atoms with van der Waals surface area (Å²) in [6.07, 6.45) is 1.87. The number of nitrogens with zero attached hydrogens (tertiary/aromatic N) is 1. The summed E-state index contributed by atoms with van der Waals surface area (Å²) < 4.78 is 1.07. The number of hydrogen-bond donors (Lipinski definition) is 1. The monoisotopic (exact) mass is 272 g/mol. The lowest BCUT2D eigenvalue weighted by Gasteiger charge is -1.90. The van der Waals surface area contributed by atoms with Gasteiger partial charge in [-0.25, -0.2) is 4.98 Å². The fourth-order valence-electron chi connectivity index (χ4n) is 1.39. The molecule has 0 atom stereocenters. The molecule has 2 nitrogen and oxygen atoms in total. The third-order valence-corrected chi connectivity index (χ3v) is 2.80. The average Bonchev–Trinajstić information content (AvgIpc) is 2.56. The van der Waals surface area contributed by atoms with Gasteiger partial charge in [-0.3, -0.25) is 0 Å². The highest BCUT2D eigenvalue weighted by atomic mass is 79.9. The second kappa shape index (κ2) is 4.32. The Bertz CT molecular complexity index is 439. The molecular formula is C10H10BrClN2. The van der Waals surface area contributed by atoms with Crippen LogP contribution in [-0.4, -0.2) is 15.8 Å². The average molecular weight is 274 g/mol. The number of fused-ring (bicyclic) bond motifs is 1. The molecule has 1 N–H and O–H groups in total. The van der Waals surface area contributed by atoms with Gasteiger partial charge in [-0.2, -0.15) is 0 Å². The lowest BCUT2D eigenvalue weighted by atomic mass is 10.3. The number of nitrogens with one attached hydrogen (secondary N) is 1. The number of rotatable bonds is 3. The van der Waals surface area contributed by atoms with E-state index in [9.17, 15) is 0 Å². The van der Waals surface area contributed by atoms with Crippen LogP contribution in [-0.2, 0) is 6.42 Å². The quantitative estimate of drug-likeness (QED) is 0.852. The van der Waals surface area contributed by atoms with Crippen LogP contribution in [0, 0.1) is 0 Å². The number of aromatic nitrogens is 2. The van der Waals surface area contributed by atoms with Gasteiger partial charge in [0, 0.05) is 16.8 Å². The summed E-state index contributed by atoms with van der Waals surface area (Å²) in [6, 6.07) is 6.03. The third-order valence-electron chi connectivity index (χ3n) is 2.04. The van der Waals surface area contributed by atoms with Crippen LogP contribution < -0.4 is 0 Å². The van der Waals surface area contributed by atoms with E-state index in [4.69, 9.17) is 11.6 Å². The predicted molar refractivity (Wildman–Crippen MR) is 62.8 cm³/mol. The molecular weight excluding hydrogens is 263 g/mol. The van der Waals surface area contributed by atoms with E-state index in [2.05, 4.69) is 25.9 Å². The van der Waals surface area contributed by atoms with Crippen molar-refractivity contribution in [3.05, 3.63) is 28.5 Å². The summed E-state index contributed by atoms with van der Waals surface area (Å²) in [6.45, 7) is 0. The summed E-state index contributed by atoms with van der Waals surface area (Å²) in [4.78, 5) is 7.73. The minimum atomic E-state index is 0.681. The lowest BCUT2D eigenvalue weighted by Crippen LogP contribution is -1.87. The zero-order valence-electron chi connectivity index (χ0n) is 7.56. The van der Waals surface area contributed by atoms with Crippen LogP contribution in [0.3, 0.4) is 0 Å². The number of hydrogen-bond acceptors (Lipinski definition) is 1. The lowest BCUT2D eigenvalue weighted by molar-refractivity contribution is 0.867. The summed E-state index contributed by atoms with van der Waals surface area (Å²) in [5, 5.41) is 0. The Labute approximate surface area is 95.8 Å². The Morgan fingerprint density at radius 1 is 1.43 bits per heavy atom. The van der Waals surface area contributed by atoms with Crippen molar-refractivity contribution in [2.75, 3.05) is 5.88 Å². The highest BCUT2D eigenvalue weighted by Crippen LogP contribution is 2.18. The van der Waals surface area contributed by atoms with Gasteiger partial charge in [0.1, 0.15) is 5.82 Å². The molecule has 1 aromatic heterocycles. The van der Waals surface area contributed by atoms with Crippen molar-refractivity contribution >= 4 is 38.6 Å². The molecule has 0 saturated carbocycles. The maximum atomic E-state index is 5.63. The van der Waals surface area contributed by atoms with Gasteiger partial charge in [-0.05, 0) is 24.6 Å². The van der Waals surface area contributed by atoms with E-state index in [0.29, 0.717) is 5.88 Å². The van der Waals surface area contributed by atoms with Crippen LogP contribution >= 0.6 is 27.5 Å². The van der Waals surface area contributed by atoms with Crippen molar-refractivity contribution in [1.82, 2.24) is 9.97 Å². The first kappa shape index (κ1) is 9.99. The fourth-order valence-corrected chi connectivity index (χ4v) is 1.88.